The van der Waals surface area contributed by atoms with E-state index in [-0.39, 0.29) is 34.3 Å². The summed E-state index contributed by atoms with van der Waals surface area (Å²) in [4.78, 5) is 10.3. The third-order valence-corrected chi connectivity index (χ3v) is 8.21. The molecule has 174 valence electrons. The number of hydrogen-bond acceptors (Lipinski definition) is 8. The fourth-order valence-corrected chi connectivity index (χ4v) is 5.18. The molecular formula is C19H25N5O6S2. The Hall–Kier alpha value is -2.87. The molecule has 0 saturated carbocycles. The summed E-state index contributed by atoms with van der Waals surface area (Å²) in [5.74, 6) is 0. The minimum absolute atomic E-state index is 0.0798. The van der Waals surface area contributed by atoms with Crippen LogP contribution in [0.3, 0.4) is 0 Å². The topological polar surface area (TPSA) is 151 Å². The smallest absolute Gasteiger partial charge is 0.270 e. The second-order valence-corrected chi connectivity index (χ2v) is 10.4. The summed E-state index contributed by atoms with van der Waals surface area (Å²) in [6.45, 7) is 5.40. The van der Waals surface area contributed by atoms with Gasteiger partial charge < -0.3 is 0 Å². The highest BCUT2D eigenvalue weighted by Gasteiger charge is 2.27. The van der Waals surface area contributed by atoms with Crippen LogP contribution < -0.4 is 10.1 Å². The predicted octanol–water partition coefficient (Wildman–Crippen LogP) is 2.37. The molecule has 32 heavy (non-hydrogen) atoms. The lowest BCUT2D eigenvalue weighted by Crippen LogP contribution is -2.31. The van der Waals surface area contributed by atoms with Crippen LogP contribution in [0.25, 0.3) is 0 Å². The van der Waals surface area contributed by atoms with Crippen LogP contribution in [0, 0.1) is 10.1 Å². The first-order valence-electron chi connectivity index (χ1n) is 9.60. The average molecular weight is 484 g/mol. The number of nitrogens with one attached hydrogen (secondary N) is 2. The third-order valence-electron chi connectivity index (χ3n) is 4.69. The number of non-ortho nitro benzene ring substituents is 1. The first-order valence-corrected chi connectivity index (χ1v) is 12.5. The number of benzene rings is 2. The lowest BCUT2D eigenvalue weighted by molar-refractivity contribution is -0.385. The molecule has 0 amide bonds. The summed E-state index contributed by atoms with van der Waals surface area (Å²) in [6.07, 6.45) is 0. The Bertz CT molecular complexity index is 1220. The van der Waals surface area contributed by atoms with E-state index in [1.807, 2.05) is 0 Å². The fourth-order valence-electron chi connectivity index (χ4n) is 2.83. The van der Waals surface area contributed by atoms with Crippen LogP contribution in [0.1, 0.15) is 26.3 Å². The van der Waals surface area contributed by atoms with Crippen molar-refractivity contribution in [2.75, 3.05) is 25.6 Å². The average Bonchev–Trinajstić information content (AvgIpc) is 2.77. The van der Waals surface area contributed by atoms with Crippen molar-refractivity contribution in [2.45, 2.75) is 30.6 Å². The van der Waals surface area contributed by atoms with Crippen molar-refractivity contribution in [1.29, 1.82) is 0 Å². The van der Waals surface area contributed by atoms with E-state index in [1.54, 1.807) is 32.9 Å². The minimum atomic E-state index is -4.00. The monoisotopic (exact) mass is 483 g/mol. The molecule has 2 N–H and O–H groups in total. The van der Waals surface area contributed by atoms with Crippen LogP contribution in [0.5, 0.6) is 0 Å². The predicted molar refractivity (Wildman–Crippen MR) is 122 cm³/mol. The molecule has 0 aromatic heterocycles. The molecule has 0 spiro atoms. The van der Waals surface area contributed by atoms with Crippen molar-refractivity contribution in [2.24, 2.45) is 5.10 Å². The van der Waals surface area contributed by atoms with Gasteiger partial charge in [0.15, 0.2) is 0 Å². The normalized spacial score (nSPS) is 12.7. The Morgan fingerprint density at radius 3 is 2.16 bits per heavy atom. The van der Waals surface area contributed by atoms with Gasteiger partial charge in [0.05, 0.1) is 21.2 Å². The molecule has 0 aliphatic carbocycles. The van der Waals surface area contributed by atoms with Crippen LogP contribution in [-0.4, -0.2) is 51.9 Å². The maximum atomic E-state index is 13.0. The number of hydrazone groups is 1. The Kier molecular flexibility index (Phi) is 8.07. The van der Waals surface area contributed by atoms with E-state index >= 15 is 0 Å². The number of sulfonamides is 2. The van der Waals surface area contributed by atoms with Crippen molar-refractivity contribution in [3.63, 3.8) is 0 Å². The van der Waals surface area contributed by atoms with Gasteiger partial charge in [-0.25, -0.2) is 21.6 Å². The Morgan fingerprint density at radius 2 is 1.66 bits per heavy atom. The Labute approximate surface area is 187 Å². The summed E-state index contributed by atoms with van der Waals surface area (Å²) < 4.78 is 53.1. The molecule has 0 saturated heterocycles. The highest BCUT2D eigenvalue weighted by molar-refractivity contribution is 7.89. The van der Waals surface area contributed by atoms with E-state index in [1.165, 1.54) is 35.6 Å². The largest absolute Gasteiger partial charge is 0.277 e. The van der Waals surface area contributed by atoms with Crippen molar-refractivity contribution >= 4 is 37.1 Å². The van der Waals surface area contributed by atoms with Gasteiger partial charge in [-0.3, -0.25) is 15.5 Å². The molecule has 0 unspecified atom stereocenters. The summed E-state index contributed by atoms with van der Waals surface area (Å²) in [6, 6.07) is 9.44. The second-order valence-electron chi connectivity index (χ2n) is 6.57. The highest BCUT2D eigenvalue weighted by atomic mass is 32.2. The Morgan fingerprint density at radius 1 is 1.06 bits per heavy atom. The van der Waals surface area contributed by atoms with Gasteiger partial charge in [-0.1, -0.05) is 26.0 Å². The second kappa shape index (κ2) is 10.2. The van der Waals surface area contributed by atoms with E-state index in [4.69, 9.17) is 0 Å². The summed E-state index contributed by atoms with van der Waals surface area (Å²) >= 11 is 0. The number of nitrogens with zero attached hydrogens (tertiary/aromatic N) is 3. The number of nitro benzene ring substituents is 1. The lowest BCUT2D eigenvalue weighted by atomic mass is 10.1. The minimum Gasteiger partial charge on any atom is -0.277 e. The quantitative estimate of drug-likeness (QED) is 0.299. The van der Waals surface area contributed by atoms with Crippen LogP contribution >= 0.6 is 0 Å². The van der Waals surface area contributed by atoms with Gasteiger partial charge in [0, 0.05) is 25.2 Å². The van der Waals surface area contributed by atoms with E-state index in [9.17, 15) is 26.9 Å². The molecule has 0 aliphatic heterocycles. The summed E-state index contributed by atoms with van der Waals surface area (Å²) in [5.41, 5.74) is 3.44. The molecular weight excluding hydrogens is 458 g/mol. The van der Waals surface area contributed by atoms with Crippen molar-refractivity contribution in [3.05, 3.63) is 58.1 Å². The zero-order valence-electron chi connectivity index (χ0n) is 18.1. The maximum Gasteiger partial charge on any atom is 0.270 e. The molecule has 2 rings (SSSR count). The molecule has 13 heteroatoms. The van der Waals surface area contributed by atoms with Crippen molar-refractivity contribution in [1.82, 2.24) is 9.03 Å². The number of hydrogen-bond donors (Lipinski definition) is 2. The molecule has 0 radical (unpaired) electrons. The molecule has 2 aromatic carbocycles. The van der Waals surface area contributed by atoms with Gasteiger partial charge >= 0.3 is 0 Å². The zero-order valence-corrected chi connectivity index (χ0v) is 19.7. The van der Waals surface area contributed by atoms with E-state index in [2.05, 4.69) is 15.2 Å². The van der Waals surface area contributed by atoms with Crippen molar-refractivity contribution < 1.29 is 21.8 Å². The maximum absolute atomic E-state index is 13.0. The summed E-state index contributed by atoms with van der Waals surface area (Å²) in [7, 11) is -6.26. The first kappa shape index (κ1) is 25.4. The SMILES string of the molecule is CCN(CC)S(=O)(=O)c1cc([N+](=O)[O-])ccc1N/N=C(\C)c1ccc(S(=O)(=O)NC)cc1. The van der Waals surface area contributed by atoms with Gasteiger partial charge in [-0.15, -0.1) is 0 Å². The zero-order chi connectivity index (χ0) is 24.1. The molecule has 0 atom stereocenters. The van der Waals surface area contributed by atoms with Gasteiger partial charge in [0.1, 0.15) is 4.90 Å². The van der Waals surface area contributed by atoms with E-state index < -0.39 is 25.0 Å². The number of anilines is 1. The van der Waals surface area contributed by atoms with E-state index in [0.717, 1.165) is 6.07 Å². The molecule has 11 nitrogen and oxygen atoms in total. The molecule has 0 aliphatic rings. The van der Waals surface area contributed by atoms with Crippen LogP contribution in [0.15, 0.2) is 57.4 Å². The molecule has 0 bridgehead atoms. The van der Waals surface area contributed by atoms with Gasteiger partial charge in [-0.2, -0.15) is 9.41 Å². The first-order chi connectivity index (χ1) is 15.0. The van der Waals surface area contributed by atoms with Crippen molar-refractivity contribution in [3.8, 4) is 0 Å². The van der Waals surface area contributed by atoms with Crippen LogP contribution in [-0.2, 0) is 20.0 Å². The third kappa shape index (κ3) is 5.48. The fraction of sp³-hybridized carbons (Fsp3) is 0.316. The molecule has 2 aromatic rings. The molecule has 0 heterocycles. The van der Waals surface area contributed by atoms with Gasteiger partial charge in [-0.05, 0) is 37.7 Å². The number of nitro groups is 1. The van der Waals surface area contributed by atoms with E-state index in [0.29, 0.717) is 11.3 Å². The summed E-state index contributed by atoms with van der Waals surface area (Å²) in [5, 5.41) is 15.4. The molecule has 0 fully saturated rings. The van der Waals surface area contributed by atoms with Gasteiger partial charge in [0.25, 0.3) is 5.69 Å². The van der Waals surface area contributed by atoms with Crippen LogP contribution in [0.4, 0.5) is 11.4 Å². The highest BCUT2D eigenvalue weighted by Crippen LogP contribution is 2.29. The number of rotatable bonds is 10. The lowest BCUT2D eigenvalue weighted by Gasteiger charge is -2.20. The van der Waals surface area contributed by atoms with Gasteiger partial charge in [0.2, 0.25) is 20.0 Å². The Balaban J connectivity index is 2.44. The standard InChI is InChI=1S/C19H25N5O6S2/c1-5-23(6-2)32(29,30)19-13-16(24(25)26)9-12-18(19)22-21-14(3)15-7-10-17(11-8-15)31(27,28)20-4/h7-13,20,22H,5-6H2,1-4H3/b21-14+. The van der Waals surface area contributed by atoms with Crippen LogP contribution in [0.2, 0.25) is 0 Å².